The van der Waals surface area contributed by atoms with E-state index in [9.17, 15) is 19.8 Å². The Balaban J connectivity index is 1.38. The molecule has 1 saturated carbocycles. The minimum absolute atomic E-state index is 0.00335. The van der Waals surface area contributed by atoms with Gasteiger partial charge in [0.25, 0.3) is 0 Å². The van der Waals surface area contributed by atoms with Crippen LogP contribution in [0.3, 0.4) is 0 Å². The SMILES string of the molecule is C=CC[C@@H]1CCCN1C(=O)C[C@@](O)(C(=O)OC)c1ccc2c(c1)N(C[C@@H]1CC[C@H]1[C@@H](O)C=C)C[C@@]1(CCCc3cc(Cl)ccc31)CO2. The number of ether oxygens (including phenoxy) is 2. The van der Waals surface area contributed by atoms with Crippen LogP contribution in [0.25, 0.3) is 0 Å². The van der Waals surface area contributed by atoms with Gasteiger partial charge >= 0.3 is 5.97 Å². The second-order valence-corrected chi connectivity index (χ2v) is 14.4. The number of fused-ring (bicyclic) bond motifs is 3. The van der Waals surface area contributed by atoms with Crippen molar-refractivity contribution in [3.05, 3.63) is 83.4 Å². The third-order valence-electron chi connectivity index (χ3n) is 11.2. The Labute approximate surface area is 283 Å². The number of methoxy groups -OCH3 is 1. The first-order valence-electron chi connectivity index (χ1n) is 17.0. The highest BCUT2D eigenvalue weighted by Gasteiger charge is 2.47. The molecule has 2 aliphatic heterocycles. The molecular formula is C38H47ClN2O6. The van der Waals surface area contributed by atoms with Crippen LogP contribution in [0.15, 0.2) is 61.7 Å². The molecule has 0 unspecified atom stereocenters. The molecule has 0 bridgehead atoms. The third-order valence-corrected chi connectivity index (χ3v) is 11.4. The lowest BCUT2D eigenvalue weighted by Gasteiger charge is -2.45. The highest BCUT2D eigenvalue weighted by atomic mass is 35.5. The van der Waals surface area contributed by atoms with Crippen molar-refractivity contribution in [3.63, 3.8) is 0 Å². The number of rotatable bonds is 10. The van der Waals surface area contributed by atoms with Crippen LogP contribution in [0, 0.1) is 11.8 Å². The maximum absolute atomic E-state index is 13.7. The van der Waals surface area contributed by atoms with Crippen LogP contribution in [0.4, 0.5) is 5.69 Å². The van der Waals surface area contributed by atoms with Gasteiger partial charge in [0.05, 0.1) is 31.9 Å². The minimum Gasteiger partial charge on any atom is -0.490 e. The maximum atomic E-state index is 13.7. The molecule has 47 heavy (non-hydrogen) atoms. The van der Waals surface area contributed by atoms with Gasteiger partial charge in [-0.25, -0.2) is 4.79 Å². The number of esters is 1. The van der Waals surface area contributed by atoms with E-state index in [1.54, 1.807) is 35.3 Å². The fourth-order valence-corrected chi connectivity index (χ4v) is 8.68. The fourth-order valence-electron chi connectivity index (χ4n) is 8.48. The van der Waals surface area contributed by atoms with Gasteiger partial charge in [-0.3, -0.25) is 4.79 Å². The molecule has 2 N–H and O–H groups in total. The smallest absolute Gasteiger partial charge is 0.343 e. The zero-order valence-corrected chi connectivity index (χ0v) is 28.1. The van der Waals surface area contributed by atoms with Crippen molar-refractivity contribution in [1.82, 2.24) is 4.90 Å². The second kappa shape index (κ2) is 13.7. The molecule has 4 aliphatic rings. The molecule has 2 aliphatic carbocycles. The Morgan fingerprint density at radius 3 is 2.74 bits per heavy atom. The number of hydrogen-bond donors (Lipinski definition) is 2. The minimum atomic E-state index is -2.19. The second-order valence-electron chi connectivity index (χ2n) is 14.0. The number of aryl methyl sites for hydroxylation is 1. The molecule has 2 fully saturated rings. The first-order valence-corrected chi connectivity index (χ1v) is 17.3. The van der Waals surface area contributed by atoms with Crippen LogP contribution in [0.5, 0.6) is 5.75 Å². The fraction of sp³-hybridized carbons (Fsp3) is 0.526. The Kier molecular flexibility index (Phi) is 9.75. The van der Waals surface area contributed by atoms with Gasteiger partial charge < -0.3 is 29.5 Å². The quantitative estimate of drug-likeness (QED) is 0.249. The van der Waals surface area contributed by atoms with Gasteiger partial charge in [0, 0.05) is 36.1 Å². The zero-order valence-electron chi connectivity index (χ0n) is 27.3. The molecule has 6 rings (SSSR count). The summed E-state index contributed by atoms with van der Waals surface area (Å²) in [7, 11) is 1.23. The van der Waals surface area contributed by atoms with Gasteiger partial charge in [-0.1, -0.05) is 35.9 Å². The summed E-state index contributed by atoms with van der Waals surface area (Å²) in [6, 6.07) is 11.4. The summed E-state index contributed by atoms with van der Waals surface area (Å²) in [5, 5.41) is 23.5. The topological polar surface area (TPSA) is 99.5 Å². The Hall–Kier alpha value is -3.33. The summed E-state index contributed by atoms with van der Waals surface area (Å²) in [4.78, 5) is 31.1. The number of carbonyl (C=O) groups excluding carboxylic acids is 2. The lowest BCUT2D eigenvalue weighted by atomic mass is 9.68. The number of anilines is 1. The number of aliphatic hydroxyl groups is 2. The van der Waals surface area contributed by atoms with E-state index in [1.807, 2.05) is 6.07 Å². The van der Waals surface area contributed by atoms with E-state index in [2.05, 4.69) is 30.2 Å². The zero-order chi connectivity index (χ0) is 33.3. The maximum Gasteiger partial charge on any atom is 0.343 e. The summed E-state index contributed by atoms with van der Waals surface area (Å²) in [5.41, 5.74) is 1.01. The van der Waals surface area contributed by atoms with Gasteiger partial charge in [0.2, 0.25) is 5.91 Å². The van der Waals surface area contributed by atoms with Gasteiger partial charge in [-0.2, -0.15) is 0 Å². The molecule has 1 saturated heterocycles. The summed E-state index contributed by atoms with van der Waals surface area (Å²) in [6.07, 6.45) is 9.58. The number of nitrogens with zero attached hydrogens (tertiary/aromatic N) is 2. The number of carbonyl (C=O) groups is 2. The Morgan fingerprint density at radius 2 is 2.02 bits per heavy atom. The molecule has 9 heteroatoms. The van der Waals surface area contributed by atoms with E-state index < -0.39 is 24.1 Å². The van der Waals surface area contributed by atoms with Crippen LogP contribution in [0.2, 0.25) is 5.02 Å². The first kappa shape index (κ1) is 33.6. The van der Waals surface area contributed by atoms with Crippen LogP contribution in [0.1, 0.15) is 68.1 Å². The molecule has 0 radical (unpaired) electrons. The van der Waals surface area contributed by atoms with Crippen LogP contribution in [-0.2, 0) is 31.8 Å². The normalized spacial score (nSPS) is 26.9. The van der Waals surface area contributed by atoms with Gasteiger partial charge in [0.15, 0.2) is 5.60 Å². The van der Waals surface area contributed by atoms with Crippen molar-refractivity contribution in [1.29, 1.82) is 0 Å². The molecule has 6 atom stereocenters. The largest absolute Gasteiger partial charge is 0.490 e. The average molecular weight is 663 g/mol. The highest BCUT2D eigenvalue weighted by molar-refractivity contribution is 6.30. The number of halogens is 1. The highest BCUT2D eigenvalue weighted by Crippen LogP contribution is 2.47. The molecule has 8 nitrogen and oxygen atoms in total. The number of benzene rings is 2. The summed E-state index contributed by atoms with van der Waals surface area (Å²) < 4.78 is 11.7. The van der Waals surface area contributed by atoms with Crippen LogP contribution in [-0.4, -0.2) is 72.5 Å². The van der Waals surface area contributed by atoms with Crippen LogP contribution >= 0.6 is 11.6 Å². The molecule has 0 aromatic heterocycles. The Morgan fingerprint density at radius 1 is 1.19 bits per heavy atom. The van der Waals surface area contributed by atoms with E-state index in [-0.39, 0.29) is 34.8 Å². The lowest BCUT2D eigenvalue weighted by Crippen LogP contribution is -2.49. The molecule has 2 aromatic carbocycles. The third kappa shape index (κ3) is 6.32. The molecule has 2 aromatic rings. The summed E-state index contributed by atoms with van der Waals surface area (Å²) >= 11 is 6.43. The monoisotopic (exact) mass is 662 g/mol. The van der Waals surface area contributed by atoms with Crippen LogP contribution < -0.4 is 9.64 Å². The summed E-state index contributed by atoms with van der Waals surface area (Å²) in [5.74, 6) is -0.200. The number of amides is 1. The molecular weight excluding hydrogens is 616 g/mol. The van der Waals surface area contributed by atoms with Crippen molar-refractivity contribution >= 4 is 29.2 Å². The van der Waals surface area contributed by atoms with E-state index in [1.165, 1.54) is 18.2 Å². The first-order chi connectivity index (χ1) is 22.6. The molecule has 1 amide bonds. The van der Waals surface area contributed by atoms with Gasteiger partial charge in [0.1, 0.15) is 5.75 Å². The van der Waals surface area contributed by atoms with Gasteiger partial charge in [-0.05, 0) is 104 Å². The molecule has 1 spiro atoms. The number of hydrogen-bond acceptors (Lipinski definition) is 7. The van der Waals surface area contributed by atoms with Crippen molar-refractivity contribution < 1.29 is 29.3 Å². The Bertz CT molecular complexity index is 1530. The molecule has 2 heterocycles. The van der Waals surface area contributed by atoms with E-state index in [0.717, 1.165) is 55.7 Å². The van der Waals surface area contributed by atoms with Gasteiger partial charge in [-0.15, -0.1) is 13.2 Å². The van der Waals surface area contributed by atoms with E-state index in [0.29, 0.717) is 38.4 Å². The van der Waals surface area contributed by atoms with E-state index >= 15 is 0 Å². The molecule has 252 valence electrons. The van der Waals surface area contributed by atoms with Crippen molar-refractivity contribution in [2.24, 2.45) is 11.8 Å². The van der Waals surface area contributed by atoms with E-state index in [4.69, 9.17) is 21.1 Å². The number of aliphatic hydroxyl groups excluding tert-OH is 1. The lowest BCUT2D eigenvalue weighted by molar-refractivity contribution is -0.168. The predicted molar refractivity (Wildman–Crippen MR) is 183 cm³/mol. The standard InChI is InChI=1S/C38H47ClN2O6/c1-4-8-29-10-7-18-41(29)35(43)21-38(45,36(44)46-3)27-12-16-34-32(20-27)40(22-26-11-14-30(26)33(42)5-2)23-37(24-47-34)17-6-9-25-19-28(39)13-15-31(25)37/h4-5,12-13,15-16,19-20,26,29-30,33,42,45H,1-2,6-11,14,17-18,21-24H2,3H3/t26-,29+,30+,33-,37-,38-/m0/s1. The average Bonchev–Trinajstić information content (AvgIpc) is 3.47. The van der Waals surface area contributed by atoms with Crippen molar-refractivity contribution in [3.8, 4) is 5.75 Å². The summed E-state index contributed by atoms with van der Waals surface area (Å²) in [6.45, 7) is 10.0. The predicted octanol–water partition coefficient (Wildman–Crippen LogP) is 5.70. The van der Waals surface area contributed by atoms with Crippen molar-refractivity contribution in [2.45, 2.75) is 80.9 Å². The van der Waals surface area contributed by atoms with Crippen molar-refractivity contribution in [2.75, 3.05) is 38.3 Å². The number of likely N-dealkylation sites (tertiary alicyclic amines) is 1.